The molecule has 1 aromatic rings. The fourth-order valence-corrected chi connectivity index (χ4v) is 3.22. The molecule has 2 heterocycles. The van der Waals surface area contributed by atoms with E-state index in [1.54, 1.807) is 0 Å². The number of guanidine groups is 1. The van der Waals surface area contributed by atoms with E-state index in [0.717, 1.165) is 49.8 Å². The van der Waals surface area contributed by atoms with Gasteiger partial charge in [0.25, 0.3) is 0 Å². The highest BCUT2D eigenvalue weighted by Gasteiger charge is 2.28. The predicted octanol–water partition coefficient (Wildman–Crippen LogP) is 1.65. The van der Waals surface area contributed by atoms with Crippen LogP contribution in [0, 0.1) is 5.92 Å². The van der Waals surface area contributed by atoms with Crippen LogP contribution in [0.3, 0.4) is 0 Å². The monoisotopic (exact) mass is 372 g/mol. The van der Waals surface area contributed by atoms with Gasteiger partial charge in [-0.1, -0.05) is 0 Å². The minimum Gasteiger partial charge on any atom is -0.357 e. The largest absolute Gasteiger partial charge is 0.357 e. The van der Waals surface area contributed by atoms with Gasteiger partial charge in [0.1, 0.15) is 5.82 Å². The number of anilines is 1. The summed E-state index contributed by atoms with van der Waals surface area (Å²) in [4.78, 5) is 23.2. The second kappa shape index (κ2) is 10.1. The van der Waals surface area contributed by atoms with Crippen molar-refractivity contribution in [2.45, 2.75) is 45.6 Å². The first kappa shape index (κ1) is 19.5. The summed E-state index contributed by atoms with van der Waals surface area (Å²) >= 11 is 0. The van der Waals surface area contributed by atoms with Gasteiger partial charge in [-0.2, -0.15) is 0 Å². The zero-order valence-electron chi connectivity index (χ0n) is 16.3. The lowest BCUT2D eigenvalue weighted by Gasteiger charge is -2.27. The molecule has 3 rings (SSSR count). The minimum atomic E-state index is 0.181. The molecule has 0 aromatic carbocycles. The highest BCUT2D eigenvalue weighted by molar-refractivity contribution is 5.81. The predicted molar refractivity (Wildman–Crippen MR) is 109 cm³/mol. The number of nitrogens with zero attached hydrogens (tertiary/aromatic N) is 3. The van der Waals surface area contributed by atoms with Gasteiger partial charge in [-0.25, -0.2) is 9.98 Å². The number of nitrogens with one attached hydrogen (secondary N) is 3. The topological polar surface area (TPSA) is 81.7 Å². The van der Waals surface area contributed by atoms with Crippen LogP contribution in [0.2, 0.25) is 0 Å². The van der Waals surface area contributed by atoms with Gasteiger partial charge in [-0.3, -0.25) is 4.79 Å². The van der Waals surface area contributed by atoms with E-state index in [1.807, 2.05) is 19.2 Å². The van der Waals surface area contributed by atoms with E-state index in [1.165, 1.54) is 19.3 Å². The van der Waals surface area contributed by atoms with Crippen molar-refractivity contribution in [3.05, 3.63) is 23.9 Å². The summed E-state index contributed by atoms with van der Waals surface area (Å²) in [7, 11) is 0. The number of hydrogen-bond acceptors (Lipinski definition) is 4. The Morgan fingerprint density at radius 3 is 2.70 bits per heavy atom. The lowest BCUT2D eigenvalue weighted by atomic mass is 10.1. The van der Waals surface area contributed by atoms with Crippen molar-refractivity contribution in [3.63, 3.8) is 0 Å². The molecule has 0 spiro atoms. The van der Waals surface area contributed by atoms with E-state index < -0.39 is 0 Å². The zero-order valence-corrected chi connectivity index (χ0v) is 16.3. The number of amides is 1. The molecular weight excluding hydrogens is 340 g/mol. The van der Waals surface area contributed by atoms with Crippen LogP contribution in [-0.2, 0) is 11.3 Å². The highest BCUT2D eigenvalue weighted by atomic mass is 16.2. The summed E-state index contributed by atoms with van der Waals surface area (Å²) < 4.78 is 0. The smallest absolute Gasteiger partial charge is 0.223 e. The summed E-state index contributed by atoms with van der Waals surface area (Å²) in [5.74, 6) is 2.27. The molecule has 0 atom stereocenters. The van der Waals surface area contributed by atoms with Gasteiger partial charge in [-0.05, 0) is 56.7 Å². The number of piperidine rings is 1. The maximum Gasteiger partial charge on any atom is 0.223 e. The molecular formula is C20H32N6O. The Bertz CT molecular complexity index is 637. The van der Waals surface area contributed by atoms with E-state index >= 15 is 0 Å². The van der Waals surface area contributed by atoms with Crippen molar-refractivity contribution in [3.8, 4) is 0 Å². The van der Waals surface area contributed by atoms with Crippen molar-refractivity contribution in [2.24, 2.45) is 10.9 Å². The minimum absolute atomic E-state index is 0.181. The van der Waals surface area contributed by atoms with Crippen LogP contribution < -0.4 is 20.9 Å². The number of carbonyl (C=O) groups excluding carboxylic acids is 1. The van der Waals surface area contributed by atoms with Gasteiger partial charge in [0, 0.05) is 44.8 Å². The Labute approximate surface area is 162 Å². The van der Waals surface area contributed by atoms with Crippen LogP contribution in [0.4, 0.5) is 5.82 Å². The van der Waals surface area contributed by atoms with Crippen LogP contribution in [0.5, 0.6) is 0 Å². The quantitative estimate of drug-likeness (QED) is 0.367. The van der Waals surface area contributed by atoms with Gasteiger partial charge in [0.15, 0.2) is 5.96 Å². The number of aromatic nitrogens is 1. The van der Waals surface area contributed by atoms with Crippen molar-refractivity contribution in [1.82, 2.24) is 20.9 Å². The maximum absolute atomic E-state index is 11.7. The third kappa shape index (κ3) is 6.41. The Hall–Kier alpha value is -2.31. The summed E-state index contributed by atoms with van der Waals surface area (Å²) in [6, 6.07) is 4.17. The molecule has 0 radical (unpaired) electrons. The van der Waals surface area contributed by atoms with Crippen LogP contribution in [-0.4, -0.2) is 49.6 Å². The number of aliphatic imine (C=N–C) groups is 1. The molecule has 27 heavy (non-hydrogen) atoms. The van der Waals surface area contributed by atoms with Gasteiger partial charge in [0.2, 0.25) is 5.91 Å². The second-order valence-corrected chi connectivity index (χ2v) is 7.26. The molecule has 1 amide bonds. The molecule has 1 saturated heterocycles. The van der Waals surface area contributed by atoms with Crippen LogP contribution in [0.1, 0.15) is 44.6 Å². The van der Waals surface area contributed by atoms with E-state index in [4.69, 9.17) is 0 Å². The molecule has 7 heteroatoms. The van der Waals surface area contributed by atoms with Crippen molar-refractivity contribution in [2.75, 3.05) is 37.6 Å². The Balaban J connectivity index is 1.48. The Morgan fingerprint density at radius 1 is 1.19 bits per heavy atom. The van der Waals surface area contributed by atoms with Gasteiger partial charge < -0.3 is 20.9 Å². The summed E-state index contributed by atoms with van der Waals surface area (Å²) in [6.45, 7) is 6.93. The van der Waals surface area contributed by atoms with Gasteiger partial charge in [0.05, 0.1) is 6.54 Å². The van der Waals surface area contributed by atoms with Crippen LogP contribution >= 0.6 is 0 Å². The number of hydrogen-bond donors (Lipinski definition) is 3. The van der Waals surface area contributed by atoms with E-state index in [2.05, 4.69) is 36.9 Å². The average molecular weight is 373 g/mol. The normalized spacial score (nSPS) is 17.5. The molecule has 0 bridgehead atoms. The second-order valence-electron chi connectivity index (χ2n) is 7.26. The molecule has 0 unspecified atom stereocenters. The Kier molecular flexibility index (Phi) is 7.30. The zero-order chi connectivity index (χ0) is 18.9. The lowest BCUT2D eigenvalue weighted by molar-refractivity contribution is -0.122. The van der Waals surface area contributed by atoms with E-state index in [-0.39, 0.29) is 11.8 Å². The van der Waals surface area contributed by atoms with Crippen LogP contribution in [0.25, 0.3) is 0 Å². The molecule has 3 N–H and O–H groups in total. The summed E-state index contributed by atoms with van der Waals surface area (Å²) in [5.41, 5.74) is 1.16. The molecule has 1 aromatic heterocycles. The van der Waals surface area contributed by atoms with Crippen molar-refractivity contribution >= 4 is 17.7 Å². The van der Waals surface area contributed by atoms with Crippen molar-refractivity contribution < 1.29 is 4.79 Å². The Morgan fingerprint density at radius 2 is 1.96 bits per heavy atom. The number of pyridine rings is 1. The molecule has 1 aliphatic heterocycles. The molecule has 7 nitrogen and oxygen atoms in total. The number of rotatable bonds is 8. The SMILES string of the molecule is CCNC(=NCc1ccnc(N2CCCCC2)c1)NCCNC(=O)C1CC1. The molecule has 148 valence electrons. The van der Waals surface area contributed by atoms with Crippen LogP contribution in [0.15, 0.2) is 23.3 Å². The first-order valence-corrected chi connectivity index (χ1v) is 10.3. The third-order valence-corrected chi connectivity index (χ3v) is 4.92. The summed E-state index contributed by atoms with van der Waals surface area (Å²) in [6.07, 6.45) is 7.76. The molecule has 1 saturated carbocycles. The van der Waals surface area contributed by atoms with Gasteiger partial charge in [-0.15, -0.1) is 0 Å². The average Bonchev–Trinajstić information content (AvgIpc) is 3.55. The first-order chi connectivity index (χ1) is 13.3. The summed E-state index contributed by atoms with van der Waals surface area (Å²) in [5, 5.41) is 9.50. The first-order valence-electron chi connectivity index (χ1n) is 10.3. The maximum atomic E-state index is 11.7. The number of carbonyl (C=O) groups is 1. The van der Waals surface area contributed by atoms with E-state index in [9.17, 15) is 4.79 Å². The van der Waals surface area contributed by atoms with Crippen molar-refractivity contribution in [1.29, 1.82) is 0 Å². The fourth-order valence-electron chi connectivity index (χ4n) is 3.22. The lowest BCUT2D eigenvalue weighted by Crippen LogP contribution is -2.41. The third-order valence-electron chi connectivity index (χ3n) is 4.92. The highest BCUT2D eigenvalue weighted by Crippen LogP contribution is 2.28. The fraction of sp³-hybridized carbons (Fsp3) is 0.650. The standard InChI is InChI=1S/C20H32N6O/c1-2-21-20(24-11-10-23-19(27)17-6-7-17)25-15-16-8-9-22-18(14-16)26-12-4-3-5-13-26/h8-9,14,17H,2-7,10-13,15H2,1H3,(H,23,27)(H2,21,24,25). The molecule has 2 fully saturated rings. The van der Waals surface area contributed by atoms with Gasteiger partial charge >= 0.3 is 0 Å². The van der Waals surface area contributed by atoms with E-state index in [0.29, 0.717) is 19.6 Å². The molecule has 2 aliphatic rings. The molecule has 1 aliphatic carbocycles.